The minimum Gasteiger partial charge on any atom is -0.337 e. The van der Waals surface area contributed by atoms with E-state index in [0.717, 1.165) is 28.7 Å². The van der Waals surface area contributed by atoms with E-state index in [1.54, 1.807) is 35.4 Å². The normalized spacial score (nSPS) is 15.6. The largest absolute Gasteiger partial charge is 0.337 e. The fourth-order valence-electron chi connectivity index (χ4n) is 5.23. The zero-order valence-electron chi connectivity index (χ0n) is 22.8. The molecule has 0 fully saturated rings. The molecule has 0 radical (unpaired) electrons. The van der Waals surface area contributed by atoms with Crippen molar-refractivity contribution in [3.05, 3.63) is 113 Å². The molecule has 9 heteroatoms. The molecule has 1 aliphatic carbocycles. The number of anilines is 1. The van der Waals surface area contributed by atoms with E-state index in [0.29, 0.717) is 17.9 Å². The fraction of sp³-hybridized carbons (Fsp3) is 0.290. The number of carbonyl (C=O) groups is 1. The molecule has 4 aromatic rings. The Labute approximate surface area is 234 Å². The number of sulfonamides is 1. The highest BCUT2D eigenvalue weighted by atomic mass is 32.2. The standard InChI is InChI=1S/C31H33FN4O3S/c1-21-6-4-9-27(16-21)40(38,39)34-29-13-11-23-10-12-26(19-28(23)29)36(20-30-33-14-15-35(30)3)31(37)17-22(2)24-7-5-8-25(32)18-24/h4-10,12,14-16,18-19,22,29,34H,11,13,17,20H2,1-3H3/t22-,29-/m0/s1. The van der Waals surface area contributed by atoms with Gasteiger partial charge in [-0.05, 0) is 84.3 Å². The first-order valence-electron chi connectivity index (χ1n) is 13.3. The Hall–Kier alpha value is -3.82. The van der Waals surface area contributed by atoms with Crippen LogP contribution in [0.5, 0.6) is 0 Å². The SMILES string of the molecule is Cc1cccc(S(=O)(=O)N[C@H]2CCc3ccc(N(Cc4nccn4C)C(=O)C[C@H](C)c4cccc(F)c4)cc32)c1. The Kier molecular flexibility index (Phi) is 7.87. The van der Waals surface area contributed by atoms with Crippen molar-refractivity contribution in [3.63, 3.8) is 0 Å². The van der Waals surface area contributed by atoms with Gasteiger partial charge in [0.05, 0.1) is 11.4 Å². The molecule has 3 aromatic carbocycles. The number of hydrogen-bond donors (Lipinski definition) is 1. The van der Waals surface area contributed by atoms with Gasteiger partial charge < -0.3 is 9.47 Å². The molecule has 1 heterocycles. The molecule has 1 amide bonds. The Morgan fingerprint density at radius 2 is 1.95 bits per heavy atom. The van der Waals surface area contributed by atoms with Crippen molar-refractivity contribution in [2.45, 2.75) is 56.5 Å². The van der Waals surface area contributed by atoms with E-state index in [2.05, 4.69) is 9.71 Å². The van der Waals surface area contributed by atoms with Crippen molar-refractivity contribution >= 4 is 21.6 Å². The highest BCUT2D eigenvalue weighted by molar-refractivity contribution is 7.89. The summed E-state index contributed by atoms with van der Waals surface area (Å²) in [6, 6.07) is 18.5. The Morgan fingerprint density at radius 1 is 1.15 bits per heavy atom. The van der Waals surface area contributed by atoms with Gasteiger partial charge in [0.2, 0.25) is 15.9 Å². The molecule has 0 aliphatic heterocycles. The number of fused-ring (bicyclic) bond motifs is 1. The number of aromatic nitrogens is 2. The molecular formula is C31H33FN4O3S. The number of halogens is 1. The van der Waals surface area contributed by atoms with Gasteiger partial charge in [-0.3, -0.25) is 4.79 Å². The average molecular weight is 561 g/mol. The summed E-state index contributed by atoms with van der Waals surface area (Å²) in [6.45, 7) is 4.01. The second kappa shape index (κ2) is 11.3. The number of aryl methyl sites for hydroxylation is 3. The van der Waals surface area contributed by atoms with E-state index < -0.39 is 16.1 Å². The van der Waals surface area contributed by atoms with Crippen LogP contribution in [-0.4, -0.2) is 23.9 Å². The molecule has 0 saturated heterocycles. The topological polar surface area (TPSA) is 84.3 Å². The molecule has 1 aliphatic rings. The molecular weight excluding hydrogens is 527 g/mol. The predicted octanol–water partition coefficient (Wildman–Crippen LogP) is 5.56. The lowest BCUT2D eigenvalue weighted by Gasteiger charge is -2.26. The summed E-state index contributed by atoms with van der Waals surface area (Å²) < 4.78 is 45.0. The van der Waals surface area contributed by atoms with E-state index in [9.17, 15) is 17.6 Å². The van der Waals surface area contributed by atoms with Gasteiger partial charge in [-0.2, -0.15) is 0 Å². The average Bonchev–Trinajstić information content (AvgIpc) is 3.51. The Morgan fingerprint density at radius 3 is 2.67 bits per heavy atom. The number of nitrogens with zero attached hydrogens (tertiary/aromatic N) is 3. The molecule has 0 bridgehead atoms. The van der Waals surface area contributed by atoms with Gasteiger partial charge in [0.1, 0.15) is 11.6 Å². The third kappa shape index (κ3) is 6.00. The minimum absolute atomic E-state index is 0.130. The van der Waals surface area contributed by atoms with Crippen LogP contribution in [0.25, 0.3) is 0 Å². The Bertz CT molecular complexity index is 1650. The summed E-state index contributed by atoms with van der Waals surface area (Å²) in [4.78, 5) is 20.1. The van der Waals surface area contributed by atoms with Gasteiger partial charge in [0, 0.05) is 37.6 Å². The summed E-state index contributed by atoms with van der Waals surface area (Å²) in [7, 11) is -1.86. The summed E-state index contributed by atoms with van der Waals surface area (Å²) in [5.74, 6) is 0.0494. The fourth-order valence-corrected chi connectivity index (χ4v) is 6.59. The van der Waals surface area contributed by atoms with E-state index in [-0.39, 0.29) is 35.5 Å². The highest BCUT2D eigenvalue weighted by Gasteiger charge is 2.30. The molecule has 0 spiro atoms. The van der Waals surface area contributed by atoms with E-state index in [1.807, 2.05) is 62.0 Å². The molecule has 40 heavy (non-hydrogen) atoms. The van der Waals surface area contributed by atoms with Gasteiger partial charge in [-0.1, -0.05) is 37.3 Å². The van der Waals surface area contributed by atoms with Crippen molar-refractivity contribution in [2.75, 3.05) is 4.90 Å². The first kappa shape index (κ1) is 27.7. The van der Waals surface area contributed by atoms with Gasteiger partial charge in [0.15, 0.2) is 0 Å². The molecule has 1 aromatic heterocycles. The maximum atomic E-state index is 13.8. The second-order valence-corrected chi connectivity index (χ2v) is 12.2. The van der Waals surface area contributed by atoms with Crippen molar-refractivity contribution in [3.8, 4) is 0 Å². The summed E-state index contributed by atoms with van der Waals surface area (Å²) in [5, 5.41) is 0. The van der Waals surface area contributed by atoms with Gasteiger partial charge >= 0.3 is 0 Å². The number of hydrogen-bond acceptors (Lipinski definition) is 4. The van der Waals surface area contributed by atoms with Crippen LogP contribution in [0.1, 0.15) is 59.8 Å². The molecule has 5 rings (SSSR count). The number of benzene rings is 3. The monoisotopic (exact) mass is 560 g/mol. The van der Waals surface area contributed by atoms with Gasteiger partial charge in [-0.25, -0.2) is 22.5 Å². The van der Waals surface area contributed by atoms with Crippen molar-refractivity contribution in [1.82, 2.24) is 14.3 Å². The summed E-state index contributed by atoms with van der Waals surface area (Å²) in [6.07, 6.45) is 5.06. The van der Waals surface area contributed by atoms with E-state index in [1.165, 1.54) is 12.1 Å². The third-order valence-electron chi connectivity index (χ3n) is 7.54. The number of imidazole rings is 1. The molecule has 2 atom stereocenters. The third-order valence-corrected chi connectivity index (χ3v) is 9.01. The number of rotatable bonds is 9. The maximum Gasteiger partial charge on any atom is 0.241 e. The van der Waals surface area contributed by atoms with Crippen LogP contribution in [0.2, 0.25) is 0 Å². The van der Waals surface area contributed by atoms with Crippen LogP contribution >= 0.6 is 0 Å². The smallest absolute Gasteiger partial charge is 0.241 e. The van der Waals surface area contributed by atoms with Crippen molar-refractivity contribution in [2.24, 2.45) is 7.05 Å². The lowest BCUT2D eigenvalue weighted by molar-refractivity contribution is -0.119. The number of carbonyl (C=O) groups excluding carboxylic acids is 1. The molecule has 208 valence electrons. The van der Waals surface area contributed by atoms with E-state index in [4.69, 9.17) is 0 Å². The quantitative estimate of drug-likeness (QED) is 0.291. The predicted molar refractivity (Wildman–Crippen MR) is 153 cm³/mol. The molecule has 7 nitrogen and oxygen atoms in total. The van der Waals surface area contributed by atoms with Crippen LogP contribution < -0.4 is 9.62 Å². The first-order valence-corrected chi connectivity index (χ1v) is 14.8. The maximum absolute atomic E-state index is 13.8. The number of amides is 1. The van der Waals surface area contributed by atoms with Crippen LogP contribution in [0.15, 0.2) is 84.0 Å². The molecule has 0 unspecified atom stereocenters. The van der Waals surface area contributed by atoms with Crippen LogP contribution in [-0.2, 0) is 34.8 Å². The molecule has 0 saturated carbocycles. The second-order valence-electron chi connectivity index (χ2n) is 10.5. The van der Waals surface area contributed by atoms with Gasteiger partial charge in [-0.15, -0.1) is 0 Å². The zero-order chi connectivity index (χ0) is 28.4. The minimum atomic E-state index is -3.73. The Balaban J connectivity index is 1.44. The van der Waals surface area contributed by atoms with Crippen LogP contribution in [0.3, 0.4) is 0 Å². The first-order chi connectivity index (χ1) is 19.1. The molecule has 1 N–H and O–H groups in total. The summed E-state index contributed by atoms with van der Waals surface area (Å²) >= 11 is 0. The van der Waals surface area contributed by atoms with Gasteiger partial charge in [0.25, 0.3) is 0 Å². The zero-order valence-corrected chi connectivity index (χ0v) is 23.7. The van der Waals surface area contributed by atoms with Crippen LogP contribution in [0.4, 0.5) is 10.1 Å². The lowest BCUT2D eigenvalue weighted by atomic mass is 9.96. The highest BCUT2D eigenvalue weighted by Crippen LogP contribution is 2.36. The van der Waals surface area contributed by atoms with Crippen molar-refractivity contribution in [1.29, 1.82) is 0 Å². The number of nitrogens with one attached hydrogen (secondary N) is 1. The van der Waals surface area contributed by atoms with Crippen LogP contribution in [0, 0.1) is 12.7 Å². The lowest BCUT2D eigenvalue weighted by Crippen LogP contribution is -2.32. The summed E-state index contributed by atoms with van der Waals surface area (Å²) in [5.41, 5.74) is 4.21. The van der Waals surface area contributed by atoms with Crippen molar-refractivity contribution < 1.29 is 17.6 Å². The van der Waals surface area contributed by atoms with E-state index >= 15 is 0 Å².